The highest BCUT2D eigenvalue weighted by Crippen LogP contribution is 2.24. The molecule has 2 aromatic carbocycles. The third-order valence-corrected chi connectivity index (χ3v) is 6.19. The Morgan fingerprint density at radius 2 is 1.64 bits per heavy atom. The van der Waals surface area contributed by atoms with Gasteiger partial charge in [-0.2, -0.15) is 0 Å². The van der Waals surface area contributed by atoms with Gasteiger partial charge in [0, 0.05) is 0 Å². The number of nitrogens with zero attached hydrogens (tertiary/aromatic N) is 1. The highest BCUT2D eigenvalue weighted by molar-refractivity contribution is 7.92. The molecule has 1 N–H and O–H groups in total. The molecule has 2 atom stereocenters. The Labute approximate surface area is 168 Å². The number of amides is 1. The second kappa shape index (κ2) is 8.78. The fourth-order valence-corrected chi connectivity index (χ4v) is 4.39. The van der Waals surface area contributed by atoms with Gasteiger partial charge in [-0.3, -0.25) is 9.10 Å². The highest BCUT2D eigenvalue weighted by atomic mass is 32.2. The normalized spacial score (nSPS) is 13.6. The lowest BCUT2D eigenvalue weighted by Gasteiger charge is -2.31. The van der Waals surface area contributed by atoms with Crippen LogP contribution >= 0.6 is 0 Å². The van der Waals surface area contributed by atoms with Gasteiger partial charge < -0.3 is 5.32 Å². The number of rotatable bonds is 7. The van der Waals surface area contributed by atoms with E-state index in [1.807, 2.05) is 58.9 Å². The molecular weight excluding hydrogens is 372 g/mol. The molecule has 0 aliphatic rings. The number of aryl methyl sites for hydroxylation is 3. The number of carbonyl (C=O) groups excluding carboxylic acids is 1. The zero-order valence-electron chi connectivity index (χ0n) is 17.5. The fourth-order valence-electron chi connectivity index (χ4n) is 3.18. The molecule has 0 radical (unpaired) electrons. The first kappa shape index (κ1) is 22.0. The Balaban J connectivity index is 2.30. The number of sulfonamides is 1. The second-order valence-electron chi connectivity index (χ2n) is 7.39. The second-order valence-corrected chi connectivity index (χ2v) is 9.25. The van der Waals surface area contributed by atoms with Crippen molar-refractivity contribution in [1.29, 1.82) is 0 Å². The van der Waals surface area contributed by atoms with E-state index < -0.39 is 16.1 Å². The van der Waals surface area contributed by atoms with Crippen molar-refractivity contribution in [3.8, 4) is 0 Å². The third-order valence-electron chi connectivity index (χ3n) is 5.01. The standard InChI is InChI=1S/C22H30N2O3S/c1-7-21(24(28(6,26)27)20-12-8-15(2)9-13-20)22(25)23-18(5)19-11-10-16(3)17(4)14-19/h8-14,18,21H,7H2,1-6H3,(H,23,25)/t18-,21-/m0/s1. The molecule has 0 bridgehead atoms. The van der Waals surface area contributed by atoms with Crippen LogP contribution in [0.15, 0.2) is 42.5 Å². The molecule has 0 aromatic heterocycles. The molecule has 0 saturated heterocycles. The van der Waals surface area contributed by atoms with Gasteiger partial charge in [0.25, 0.3) is 0 Å². The van der Waals surface area contributed by atoms with Crippen LogP contribution in [0.4, 0.5) is 5.69 Å². The largest absolute Gasteiger partial charge is 0.348 e. The first-order valence-corrected chi connectivity index (χ1v) is 11.3. The summed E-state index contributed by atoms with van der Waals surface area (Å²) in [6.07, 6.45) is 1.50. The Hall–Kier alpha value is -2.34. The maximum absolute atomic E-state index is 13.0. The van der Waals surface area contributed by atoms with E-state index in [2.05, 4.69) is 11.4 Å². The Bertz CT molecular complexity index is 937. The van der Waals surface area contributed by atoms with Crippen molar-refractivity contribution in [3.63, 3.8) is 0 Å². The fraction of sp³-hybridized carbons (Fsp3) is 0.409. The van der Waals surface area contributed by atoms with E-state index in [9.17, 15) is 13.2 Å². The van der Waals surface area contributed by atoms with E-state index >= 15 is 0 Å². The molecule has 0 aliphatic heterocycles. The predicted molar refractivity (Wildman–Crippen MR) is 115 cm³/mol. The van der Waals surface area contributed by atoms with Gasteiger partial charge in [-0.25, -0.2) is 8.42 Å². The summed E-state index contributed by atoms with van der Waals surface area (Å²) in [5.74, 6) is -0.306. The van der Waals surface area contributed by atoms with E-state index in [1.165, 1.54) is 9.87 Å². The molecule has 0 fully saturated rings. The van der Waals surface area contributed by atoms with Gasteiger partial charge >= 0.3 is 0 Å². The van der Waals surface area contributed by atoms with Crippen molar-refractivity contribution < 1.29 is 13.2 Å². The van der Waals surface area contributed by atoms with Crippen molar-refractivity contribution >= 4 is 21.6 Å². The molecule has 28 heavy (non-hydrogen) atoms. The number of benzene rings is 2. The molecule has 2 rings (SSSR count). The summed E-state index contributed by atoms with van der Waals surface area (Å²) in [6.45, 7) is 9.73. The summed E-state index contributed by atoms with van der Waals surface area (Å²) in [6, 6.07) is 12.2. The number of hydrogen-bond acceptors (Lipinski definition) is 3. The van der Waals surface area contributed by atoms with Crippen molar-refractivity contribution in [1.82, 2.24) is 5.32 Å². The number of nitrogens with one attached hydrogen (secondary N) is 1. The van der Waals surface area contributed by atoms with E-state index in [0.717, 1.165) is 22.9 Å². The molecule has 6 heteroatoms. The van der Waals surface area contributed by atoms with E-state index in [4.69, 9.17) is 0 Å². The first-order valence-electron chi connectivity index (χ1n) is 9.48. The Kier molecular flexibility index (Phi) is 6.88. The van der Waals surface area contributed by atoms with E-state index in [0.29, 0.717) is 12.1 Å². The topological polar surface area (TPSA) is 66.5 Å². The number of hydrogen-bond donors (Lipinski definition) is 1. The minimum atomic E-state index is -3.63. The summed E-state index contributed by atoms with van der Waals surface area (Å²) < 4.78 is 26.2. The zero-order valence-corrected chi connectivity index (χ0v) is 18.3. The minimum absolute atomic E-state index is 0.222. The molecule has 2 aromatic rings. The smallest absolute Gasteiger partial charge is 0.244 e. The molecule has 0 aliphatic carbocycles. The molecule has 0 unspecified atom stereocenters. The van der Waals surface area contributed by atoms with Gasteiger partial charge in [-0.15, -0.1) is 0 Å². The van der Waals surface area contributed by atoms with E-state index in [1.54, 1.807) is 12.1 Å². The van der Waals surface area contributed by atoms with Crippen LogP contribution in [0.3, 0.4) is 0 Å². The average molecular weight is 403 g/mol. The van der Waals surface area contributed by atoms with Crippen LogP contribution in [0.2, 0.25) is 0 Å². The van der Waals surface area contributed by atoms with Crippen LogP contribution in [0.25, 0.3) is 0 Å². The average Bonchev–Trinajstić information content (AvgIpc) is 2.61. The lowest BCUT2D eigenvalue weighted by molar-refractivity contribution is -0.122. The van der Waals surface area contributed by atoms with Crippen molar-refractivity contribution in [2.45, 2.75) is 53.1 Å². The zero-order chi connectivity index (χ0) is 21.1. The van der Waals surface area contributed by atoms with Crippen molar-refractivity contribution in [2.75, 3.05) is 10.6 Å². The van der Waals surface area contributed by atoms with Gasteiger partial charge in [0.05, 0.1) is 18.0 Å². The van der Waals surface area contributed by atoms with Gasteiger partial charge in [-0.1, -0.05) is 42.8 Å². The lowest BCUT2D eigenvalue weighted by Crippen LogP contribution is -2.49. The molecule has 5 nitrogen and oxygen atoms in total. The van der Waals surface area contributed by atoms with Crippen LogP contribution in [0.1, 0.15) is 48.6 Å². The van der Waals surface area contributed by atoms with Crippen molar-refractivity contribution in [2.24, 2.45) is 0 Å². The summed E-state index contributed by atoms with van der Waals surface area (Å²) in [4.78, 5) is 13.0. The molecule has 0 heterocycles. The number of carbonyl (C=O) groups is 1. The quantitative estimate of drug-likeness (QED) is 0.760. The summed E-state index contributed by atoms with van der Waals surface area (Å²) in [5.41, 5.74) is 4.86. The maximum atomic E-state index is 13.0. The Morgan fingerprint density at radius 1 is 1.04 bits per heavy atom. The summed E-state index contributed by atoms with van der Waals surface area (Å²) in [5, 5.41) is 2.98. The molecule has 1 amide bonds. The van der Waals surface area contributed by atoms with Crippen LogP contribution in [-0.2, 0) is 14.8 Å². The molecule has 152 valence electrons. The van der Waals surface area contributed by atoms with E-state index in [-0.39, 0.29) is 11.9 Å². The highest BCUT2D eigenvalue weighted by Gasteiger charge is 2.32. The van der Waals surface area contributed by atoms with Crippen LogP contribution in [-0.4, -0.2) is 26.6 Å². The molecule has 0 spiro atoms. The predicted octanol–water partition coefficient (Wildman–Crippen LogP) is 4.03. The Morgan fingerprint density at radius 3 is 2.14 bits per heavy atom. The monoisotopic (exact) mass is 402 g/mol. The van der Waals surface area contributed by atoms with Gasteiger partial charge in [0.15, 0.2) is 0 Å². The molecular formula is C22H30N2O3S. The summed E-state index contributed by atoms with van der Waals surface area (Å²) in [7, 11) is -3.63. The van der Waals surface area contributed by atoms with Crippen LogP contribution in [0.5, 0.6) is 0 Å². The van der Waals surface area contributed by atoms with Gasteiger partial charge in [0.2, 0.25) is 15.9 Å². The maximum Gasteiger partial charge on any atom is 0.244 e. The lowest BCUT2D eigenvalue weighted by atomic mass is 10.0. The van der Waals surface area contributed by atoms with Crippen LogP contribution < -0.4 is 9.62 Å². The van der Waals surface area contributed by atoms with Crippen molar-refractivity contribution in [3.05, 3.63) is 64.7 Å². The minimum Gasteiger partial charge on any atom is -0.348 e. The SMILES string of the molecule is CC[C@@H](C(=O)N[C@@H](C)c1ccc(C)c(C)c1)N(c1ccc(C)cc1)S(C)(=O)=O. The third kappa shape index (κ3) is 5.13. The number of anilines is 1. The summed E-state index contributed by atoms with van der Waals surface area (Å²) >= 11 is 0. The molecule has 0 saturated carbocycles. The first-order chi connectivity index (χ1) is 13.0. The van der Waals surface area contributed by atoms with Gasteiger partial charge in [-0.05, 0) is 62.9 Å². The van der Waals surface area contributed by atoms with Crippen LogP contribution in [0, 0.1) is 20.8 Å². The van der Waals surface area contributed by atoms with Gasteiger partial charge in [0.1, 0.15) is 6.04 Å².